The molecule has 4 N–H and O–H groups in total. The molecule has 4 heterocycles. The van der Waals surface area contributed by atoms with Crippen molar-refractivity contribution in [2.45, 2.75) is 31.9 Å². The van der Waals surface area contributed by atoms with E-state index in [9.17, 15) is 14.4 Å². The molecule has 2 amide bonds. The highest BCUT2D eigenvalue weighted by molar-refractivity contribution is 5.99. The molecule has 0 saturated carbocycles. The SMILES string of the molecule is C[C@H](NC(=O)c1c(N)cc2cccnn12)c1nc2cccc(C#CCNC(=O)[C@H]3CCCO3)c2c(=O)n1-c1ccccc1. The standard InChI is InChI=1S/C32H29N7O4/c1-20(36-31(41)28-24(33)19-23-13-7-17-35-39(23)28)29-37-25-14-5-9-21(10-6-16-34-30(40)26-15-8-18-43-26)27(25)32(42)38(29)22-11-3-2-4-12-22/h2-5,7,9,11-14,17,19-20,26H,8,15-16,18,33H2,1H3,(H,34,40)(H,36,41)/t20-,26+/m0/s1. The summed E-state index contributed by atoms with van der Waals surface area (Å²) in [5, 5.41) is 10.3. The van der Waals surface area contributed by atoms with Crippen molar-refractivity contribution >= 4 is 33.9 Å². The normalized spacial score (nSPS) is 15.1. The number of hydrogen-bond acceptors (Lipinski definition) is 7. The molecule has 0 bridgehead atoms. The summed E-state index contributed by atoms with van der Waals surface area (Å²) in [5.41, 5.74) is 8.48. The van der Waals surface area contributed by atoms with Gasteiger partial charge >= 0.3 is 0 Å². The minimum absolute atomic E-state index is 0.114. The molecule has 1 aliphatic heterocycles. The van der Waals surface area contributed by atoms with Gasteiger partial charge in [0, 0.05) is 18.4 Å². The third-order valence-electron chi connectivity index (χ3n) is 7.25. The number of carbonyl (C=O) groups excluding carboxylic acids is 2. The van der Waals surface area contributed by atoms with E-state index in [2.05, 4.69) is 27.6 Å². The van der Waals surface area contributed by atoms with Crippen molar-refractivity contribution in [1.29, 1.82) is 0 Å². The first kappa shape index (κ1) is 27.7. The topological polar surface area (TPSA) is 146 Å². The van der Waals surface area contributed by atoms with Crippen molar-refractivity contribution in [3.05, 3.63) is 100 Å². The number of hydrogen-bond donors (Lipinski definition) is 3. The molecule has 1 aliphatic rings. The molecule has 3 aromatic heterocycles. The molecule has 2 aromatic carbocycles. The Balaban J connectivity index is 1.36. The molecule has 43 heavy (non-hydrogen) atoms. The third kappa shape index (κ3) is 5.43. The van der Waals surface area contributed by atoms with Crippen LogP contribution in [0.3, 0.4) is 0 Å². The lowest BCUT2D eigenvalue weighted by Crippen LogP contribution is -2.34. The lowest BCUT2D eigenvalue weighted by molar-refractivity contribution is -0.129. The van der Waals surface area contributed by atoms with Crippen molar-refractivity contribution in [3.63, 3.8) is 0 Å². The zero-order valence-corrected chi connectivity index (χ0v) is 23.4. The molecule has 11 nitrogen and oxygen atoms in total. The molecule has 1 saturated heterocycles. The second kappa shape index (κ2) is 11.8. The molecule has 1 fully saturated rings. The molecule has 0 aliphatic carbocycles. The fourth-order valence-electron chi connectivity index (χ4n) is 5.22. The smallest absolute Gasteiger partial charge is 0.272 e. The van der Waals surface area contributed by atoms with E-state index in [0.717, 1.165) is 6.42 Å². The summed E-state index contributed by atoms with van der Waals surface area (Å²) in [6.45, 7) is 2.45. The summed E-state index contributed by atoms with van der Waals surface area (Å²) in [5.74, 6) is 5.65. The van der Waals surface area contributed by atoms with Gasteiger partial charge in [0.2, 0.25) is 5.91 Å². The number of amides is 2. The Bertz CT molecular complexity index is 1960. The van der Waals surface area contributed by atoms with E-state index >= 15 is 0 Å². The minimum atomic E-state index is -0.693. The molecular weight excluding hydrogens is 546 g/mol. The first-order valence-corrected chi connectivity index (χ1v) is 13.9. The van der Waals surface area contributed by atoms with E-state index in [1.165, 1.54) is 9.08 Å². The first-order chi connectivity index (χ1) is 20.9. The summed E-state index contributed by atoms with van der Waals surface area (Å²) in [4.78, 5) is 44.7. The van der Waals surface area contributed by atoms with Crippen LogP contribution in [0.4, 0.5) is 5.69 Å². The molecule has 0 spiro atoms. The average molecular weight is 576 g/mol. The predicted molar refractivity (Wildman–Crippen MR) is 162 cm³/mol. The zero-order chi connectivity index (χ0) is 29.9. The molecule has 6 rings (SSSR count). The van der Waals surface area contributed by atoms with Crippen LogP contribution in [0.1, 0.15) is 47.7 Å². The van der Waals surface area contributed by atoms with Gasteiger partial charge in [-0.1, -0.05) is 36.1 Å². The van der Waals surface area contributed by atoms with E-state index in [1.54, 1.807) is 61.7 Å². The maximum atomic E-state index is 14.2. The van der Waals surface area contributed by atoms with Gasteiger partial charge in [0.05, 0.1) is 40.4 Å². The van der Waals surface area contributed by atoms with Gasteiger partial charge < -0.3 is 21.1 Å². The van der Waals surface area contributed by atoms with E-state index in [-0.39, 0.29) is 29.4 Å². The van der Waals surface area contributed by atoms with Gasteiger partial charge in [-0.3, -0.25) is 19.0 Å². The first-order valence-electron chi connectivity index (χ1n) is 13.9. The number of para-hydroxylation sites is 1. The van der Waals surface area contributed by atoms with Crippen LogP contribution in [0.25, 0.3) is 22.1 Å². The van der Waals surface area contributed by atoms with Gasteiger partial charge in [0.15, 0.2) is 5.69 Å². The van der Waals surface area contributed by atoms with Gasteiger partial charge in [-0.25, -0.2) is 9.50 Å². The van der Waals surface area contributed by atoms with Crippen molar-refractivity contribution < 1.29 is 14.3 Å². The van der Waals surface area contributed by atoms with Gasteiger partial charge in [0.1, 0.15) is 11.9 Å². The second-order valence-electron chi connectivity index (χ2n) is 10.2. The van der Waals surface area contributed by atoms with Crippen LogP contribution in [-0.2, 0) is 9.53 Å². The molecule has 11 heteroatoms. The van der Waals surface area contributed by atoms with Crippen molar-refractivity contribution in [3.8, 4) is 17.5 Å². The van der Waals surface area contributed by atoms with E-state index in [1.807, 2.05) is 18.2 Å². The van der Waals surface area contributed by atoms with Crippen molar-refractivity contribution in [2.24, 2.45) is 0 Å². The van der Waals surface area contributed by atoms with Gasteiger partial charge in [-0.2, -0.15) is 5.10 Å². The predicted octanol–water partition coefficient (Wildman–Crippen LogP) is 2.75. The number of benzene rings is 2. The molecule has 0 radical (unpaired) electrons. The van der Waals surface area contributed by atoms with Crippen LogP contribution in [-0.4, -0.2) is 50.2 Å². The van der Waals surface area contributed by atoms with Crippen LogP contribution in [0.15, 0.2) is 77.7 Å². The Morgan fingerprint density at radius 1 is 1.14 bits per heavy atom. The van der Waals surface area contributed by atoms with Crippen LogP contribution in [0.5, 0.6) is 0 Å². The number of nitrogens with zero attached hydrogens (tertiary/aromatic N) is 4. The number of aromatic nitrogens is 4. The van der Waals surface area contributed by atoms with Gasteiger partial charge in [0.25, 0.3) is 11.5 Å². The molecule has 0 unspecified atom stereocenters. The minimum Gasteiger partial charge on any atom is -0.397 e. The summed E-state index contributed by atoms with van der Waals surface area (Å²) in [6, 6.07) is 18.9. The zero-order valence-electron chi connectivity index (χ0n) is 23.4. The van der Waals surface area contributed by atoms with Crippen LogP contribution < -0.4 is 21.9 Å². The lowest BCUT2D eigenvalue weighted by Gasteiger charge is -2.20. The number of carbonyl (C=O) groups is 2. The molecule has 5 aromatic rings. The van der Waals surface area contributed by atoms with E-state index < -0.39 is 18.1 Å². The van der Waals surface area contributed by atoms with E-state index in [0.29, 0.717) is 46.5 Å². The lowest BCUT2D eigenvalue weighted by atomic mass is 10.1. The van der Waals surface area contributed by atoms with Crippen molar-refractivity contribution in [1.82, 2.24) is 29.8 Å². The summed E-state index contributed by atoms with van der Waals surface area (Å²) in [6.07, 6.45) is 2.69. The number of anilines is 1. The Labute approximate surface area is 246 Å². The highest BCUT2D eigenvalue weighted by Gasteiger charge is 2.24. The fourth-order valence-corrected chi connectivity index (χ4v) is 5.22. The quantitative estimate of drug-likeness (QED) is 0.264. The molecule has 2 atom stereocenters. The largest absolute Gasteiger partial charge is 0.397 e. The summed E-state index contributed by atoms with van der Waals surface area (Å²) < 4.78 is 8.37. The number of rotatable bonds is 6. The van der Waals surface area contributed by atoms with Crippen LogP contribution >= 0.6 is 0 Å². The Hall–Kier alpha value is -5.47. The fraction of sp³-hybridized carbons (Fsp3) is 0.219. The Morgan fingerprint density at radius 2 is 1.98 bits per heavy atom. The second-order valence-corrected chi connectivity index (χ2v) is 10.2. The van der Waals surface area contributed by atoms with Crippen LogP contribution in [0, 0.1) is 11.8 Å². The van der Waals surface area contributed by atoms with Gasteiger partial charge in [-0.05, 0) is 62.2 Å². The number of ether oxygens (including phenoxy) is 1. The highest BCUT2D eigenvalue weighted by Crippen LogP contribution is 2.22. The number of fused-ring (bicyclic) bond motifs is 2. The third-order valence-corrected chi connectivity index (χ3v) is 7.25. The van der Waals surface area contributed by atoms with Crippen molar-refractivity contribution in [2.75, 3.05) is 18.9 Å². The Kier molecular flexibility index (Phi) is 7.59. The monoisotopic (exact) mass is 575 g/mol. The van der Waals surface area contributed by atoms with E-state index in [4.69, 9.17) is 15.5 Å². The molecule has 216 valence electrons. The highest BCUT2D eigenvalue weighted by atomic mass is 16.5. The maximum Gasteiger partial charge on any atom is 0.272 e. The summed E-state index contributed by atoms with van der Waals surface area (Å²) in [7, 11) is 0. The maximum absolute atomic E-state index is 14.2. The number of nitrogens with two attached hydrogens (primary N) is 1. The van der Waals surface area contributed by atoms with Gasteiger partial charge in [-0.15, -0.1) is 0 Å². The Morgan fingerprint density at radius 3 is 2.77 bits per heavy atom. The van der Waals surface area contributed by atoms with Crippen LogP contribution in [0.2, 0.25) is 0 Å². The molecular formula is C32H29N7O4. The number of nitrogens with one attached hydrogen (secondary N) is 2. The average Bonchev–Trinajstić information content (AvgIpc) is 3.67. The number of nitrogen functional groups attached to an aromatic ring is 1. The summed E-state index contributed by atoms with van der Waals surface area (Å²) >= 11 is 0.